The van der Waals surface area contributed by atoms with Crippen LogP contribution in [0.2, 0.25) is 0 Å². The predicted molar refractivity (Wildman–Crippen MR) is 46.8 cm³/mol. The molecule has 0 saturated carbocycles. The van der Waals surface area contributed by atoms with Crippen molar-refractivity contribution in [3.05, 3.63) is 39.9 Å². The Morgan fingerprint density at radius 1 is 1.25 bits per heavy atom. The van der Waals surface area contributed by atoms with E-state index in [1.165, 1.54) is 24.3 Å². The molecule has 0 heterocycles. The second-order valence-corrected chi connectivity index (χ2v) is 2.77. The maximum atomic E-state index is 10.8. The number of hydrogen-bond acceptors (Lipinski definition) is 5. The maximum Gasteiger partial charge on any atom is 1.00 e. The van der Waals surface area contributed by atoms with Gasteiger partial charge in [0.1, 0.15) is 5.97 Å². The third kappa shape index (κ3) is 4.10. The van der Waals surface area contributed by atoms with Gasteiger partial charge in [0.25, 0.3) is 5.69 Å². The van der Waals surface area contributed by atoms with Gasteiger partial charge in [-0.3, -0.25) is 14.9 Å². The molecule has 78 valence electrons. The molecule has 0 aromatic heterocycles. The normalized spacial score (nSPS) is 9.00. The van der Waals surface area contributed by atoms with Gasteiger partial charge in [-0.1, -0.05) is 18.2 Å². The van der Waals surface area contributed by atoms with Gasteiger partial charge >= 0.3 is 51.4 Å². The molecule has 0 saturated heterocycles. The zero-order valence-electron chi connectivity index (χ0n) is 8.50. The number of carbonyl (C=O) groups excluding carboxylic acids is 2. The summed E-state index contributed by atoms with van der Waals surface area (Å²) in [5.74, 6) is -3.02. The fourth-order valence-electron chi connectivity index (χ4n) is 1.08. The molecule has 7 heteroatoms. The largest absolute Gasteiger partial charge is 1.00 e. The minimum Gasteiger partial charge on any atom is -0.542 e. The number of para-hydroxylation sites is 1. The van der Waals surface area contributed by atoms with Crippen LogP contribution in [0.25, 0.3) is 0 Å². The monoisotopic (exact) mass is 247 g/mol. The third-order valence-corrected chi connectivity index (χ3v) is 1.77. The number of nitro groups is 1. The summed E-state index contributed by atoms with van der Waals surface area (Å²) in [5.41, 5.74) is -0.205. The standard InChI is InChI=1S/C9H7NO5.K/c11-8(9(12)13)5-6-3-1-2-4-7(6)10(14)15;/h1-4H,5H2,(H,12,13);/q;+1/p-1. The molecular formula is C9H6KNO5. The van der Waals surface area contributed by atoms with Crippen LogP contribution in [-0.4, -0.2) is 16.7 Å². The van der Waals surface area contributed by atoms with Crippen molar-refractivity contribution in [3.8, 4) is 0 Å². The Labute approximate surface area is 133 Å². The van der Waals surface area contributed by atoms with Crippen molar-refractivity contribution in [2.24, 2.45) is 0 Å². The van der Waals surface area contributed by atoms with Gasteiger partial charge in [0.05, 0.1) is 4.92 Å². The van der Waals surface area contributed by atoms with Gasteiger partial charge in [-0.2, -0.15) is 0 Å². The predicted octanol–water partition coefficient (Wildman–Crippen LogP) is -3.54. The number of ketones is 1. The maximum absolute atomic E-state index is 10.8. The van der Waals surface area contributed by atoms with Crippen molar-refractivity contribution in [2.75, 3.05) is 0 Å². The third-order valence-electron chi connectivity index (χ3n) is 1.77. The van der Waals surface area contributed by atoms with Crippen molar-refractivity contribution in [3.63, 3.8) is 0 Å². The fourth-order valence-corrected chi connectivity index (χ4v) is 1.08. The smallest absolute Gasteiger partial charge is 0.542 e. The number of aliphatic carboxylic acids is 1. The minimum atomic E-state index is -1.84. The van der Waals surface area contributed by atoms with Gasteiger partial charge in [-0.05, 0) is 0 Å². The van der Waals surface area contributed by atoms with Gasteiger partial charge < -0.3 is 9.90 Å². The van der Waals surface area contributed by atoms with Crippen LogP contribution < -0.4 is 56.5 Å². The molecule has 1 rings (SSSR count). The zero-order chi connectivity index (χ0) is 11.4. The number of rotatable bonds is 4. The van der Waals surface area contributed by atoms with Crippen molar-refractivity contribution in [2.45, 2.75) is 6.42 Å². The summed E-state index contributed by atoms with van der Waals surface area (Å²) in [6.07, 6.45) is -0.528. The molecule has 16 heavy (non-hydrogen) atoms. The molecule has 1 aromatic carbocycles. The topological polar surface area (TPSA) is 100 Å². The zero-order valence-corrected chi connectivity index (χ0v) is 11.6. The SMILES string of the molecule is O=C([O-])C(=O)Cc1ccccc1[N+](=O)[O-].[K+]. The Morgan fingerprint density at radius 3 is 2.31 bits per heavy atom. The van der Waals surface area contributed by atoms with Crippen LogP contribution in [0.15, 0.2) is 24.3 Å². The summed E-state index contributed by atoms with van der Waals surface area (Å²) in [7, 11) is 0. The summed E-state index contributed by atoms with van der Waals surface area (Å²) in [6.45, 7) is 0. The van der Waals surface area contributed by atoms with Gasteiger partial charge in [0, 0.05) is 18.1 Å². The van der Waals surface area contributed by atoms with Crippen LogP contribution in [0, 0.1) is 10.1 Å². The average Bonchev–Trinajstić information content (AvgIpc) is 2.18. The van der Waals surface area contributed by atoms with Crippen LogP contribution in [0.5, 0.6) is 0 Å². The molecular weight excluding hydrogens is 241 g/mol. The first-order valence-electron chi connectivity index (χ1n) is 3.99. The summed E-state index contributed by atoms with van der Waals surface area (Å²) < 4.78 is 0. The van der Waals surface area contributed by atoms with Crippen LogP contribution in [0.4, 0.5) is 5.69 Å². The van der Waals surface area contributed by atoms with E-state index in [2.05, 4.69) is 0 Å². The molecule has 0 fully saturated rings. The number of carboxylic acids is 1. The number of nitrogens with zero attached hydrogens (tertiary/aromatic N) is 1. The summed E-state index contributed by atoms with van der Waals surface area (Å²) in [6, 6.07) is 5.47. The second kappa shape index (κ2) is 6.87. The van der Waals surface area contributed by atoms with E-state index in [0.29, 0.717) is 0 Å². The van der Waals surface area contributed by atoms with E-state index in [1.807, 2.05) is 0 Å². The second-order valence-electron chi connectivity index (χ2n) is 2.77. The van der Waals surface area contributed by atoms with E-state index in [9.17, 15) is 24.8 Å². The van der Waals surface area contributed by atoms with Crippen LogP contribution in [-0.2, 0) is 16.0 Å². The number of Topliss-reactive ketones (excluding diaryl/α,β-unsaturated/α-hetero) is 1. The Bertz CT molecular complexity index is 432. The molecule has 0 spiro atoms. The molecule has 0 radical (unpaired) electrons. The average molecular weight is 247 g/mol. The van der Waals surface area contributed by atoms with E-state index < -0.39 is 23.1 Å². The minimum absolute atomic E-state index is 0. The Hall–Kier alpha value is -0.604. The first-order valence-corrected chi connectivity index (χ1v) is 3.99. The van der Waals surface area contributed by atoms with E-state index in [-0.39, 0.29) is 62.6 Å². The van der Waals surface area contributed by atoms with E-state index in [1.54, 1.807) is 0 Å². The molecule has 0 atom stereocenters. The first-order chi connectivity index (χ1) is 7.02. The van der Waals surface area contributed by atoms with Crippen LogP contribution in [0.1, 0.15) is 5.56 Å². The van der Waals surface area contributed by atoms with E-state index in [4.69, 9.17) is 0 Å². The molecule has 6 nitrogen and oxygen atoms in total. The van der Waals surface area contributed by atoms with E-state index >= 15 is 0 Å². The molecule has 0 unspecified atom stereocenters. The molecule has 0 aliphatic heterocycles. The van der Waals surface area contributed by atoms with Crippen molar-refractivity contribution in [1.29, 1.82) is 0 Å². The molecule has 0 N–H and O–H groups in total. The van der Waals surface area contributed by atoms with Crippen molar-refractivity contribution >= 4 is 17.4 Å². The molecule has 0 bridgehead atoms. The van der Waals surface area contributed by atoms with Crippen LogP contribution in [0.3, 0.4) is 0 Å². The van der Waals surface area contributed by atoms with Crippen molar-refractivity contribution < 1.29 is 71.0 Å². The number of benzene rings is 1. The summed E-state index contributed by atoms with van der Waals surface area (Å²) in [5, 5.41) is 20.7. The summed E-state index contributed by atoms with van der Waals surface area (Å²) >= 11 is 0. The number of carbonyl (C=O) groups is 2. The van der Waals surface area contributed by atoms with Gasteiger partial charge in [0.15, 0.2) is 5.78 Å². The molecule has 0 aliphatic rings. The number of carboxylic acid groups (broad SMARTS) is 1. The summed E-state index contributed by atoms with van der Waals surface area (Å²) in [4.78, 5) is 30.8. The molecule has 0 aliphatic carbocycles. The molecule has 0 amide bonds. The number of nitro benzene ring substituents is 1. The first kappa shape index (κ1) is 15.4. The quantitative estimate of drug-likeness (QED) is 0.237. The Kier molecular flexibility index (Phi) is 6.61. The van der Waals surface area contributed by atoms with Crippen LogP contribution >= 0.6 is 0 Å². The molecule has 1 aromatic rings. The Balaban J connectivity index is 0.00000225. The number of hydrogen-bond donors (Lipinski definition) is 0. The Morgan fingerprint density at radius 2 is 1.81 bits per heavy atom. The van der Waals surface area contributed by atoms with Crippen molar-refractivity contribution in [1.82, 2.24) is 0 Å². The van der Waals surface area contributed by atoms with Gasteiger partial charge in [-0.25, -0.2) is 0 Å². The van der Waals surface area contributed by atoms with Gasteiger partial charge in [-0.15, -0.1) is 0 Å². The van der Waals surface area contributed by atoms with E-state index in [0.717, 1.165) is 0 Å². The van der Waals surface area contributed by atoms with Gasteiger partial charge in [0.2, 0.25) is 0 Å². The fraction of sp³-hybridized carbons (Fsp3) is 0.111.